The number of aliphatic hydroxyl groups is 6. The second-order valence-corrected chi connectivity index (χ2v) is 17.9. The molecule has 8 rings (SSSR count). The van der Waals surface area contributed by atoms with E-state index in [1.807, 2.05) is 0 Å². The zero-order chi connectivity index (χ0) is 35.5. The van der Waals surface area contributed by atoms with Gasteiger partial charge in [0.25, 0.3) is 0 Å². The second kappa shape index (κ2) is 12.9. The van der Waals surface area contributed by atoms with Crippen LogP contribution in [0.4, 0.5) is 0 Å². The largest absolute Gasteiger partial charge is 0.392 e. The summed E-state index contributed by atoms with van der Waals surface area (Å²) in [6, 6.07) is 0. The predicted molar refractivity (Wildman–Crippen MR) is 177 cm³/mol. The van der Waals surface area contributed by atoms with Gasteiger partial charge in [0.05, 0.1) is 37.6 Å². The van der Waals surface area contributed by atoms with Gasteiger partial charge in [-0.2, -0.15) is 0 Å². The van der Waals surface area contributed by atoms with Gasteiger partial charge in [-0.1, -0.05) is 39.3 Å². The number of rotatable bonds is 4. The number of ether oxygens (including phenoxy) is 6. The van der Waals surface area contributed by atoms with Gasteiger partial charge in [0.1, 0.15) is 36.6 Å². The van der Waals surface area contributed by atoms with Crippen molar-refractivity contribution in [1.29, 1.82) is 0 Å². The third-order valence-corrected chi connectivity index (χ3v) is 15.3. The molecule has 4 aliphatic heterocycles. The molecule has 4 aliphatic carbocycles. The van der Waals surface area contributed by atoms with Gasteiger partial charge in [-0.25, -0.2) is 0 Å². The molecular weight excluding hydrogens is 648 g/mol. The van der Waals surface area contributed by atoms with Crippen LogP contribution in [0.5, 0.6) is 0 Å². The lowest BCUT2D eigenvalue weighted by molar-refractivity contribution is -0.358. The molecule has 0 unspecified atom stereocenters. The highest BCUT2D eigenvalue weighted by Gasteiger charge is 2.69. The van der Waals surface area contributed by atoms with Crippen molar-refractivity contribution < 1.29 is 59.1 Å². The van der Waals surface area contributed by atoms with E-state index in [1.54, 1.807) is 0 Å². The fourth-order valence-electron chi connectivity index (χ4n) is 12.3. The summed E-state index contributed by atoms with van der Waals surface area (Å²) in [6.07, 6.45) is -2.98. The maximum atomic E-state index is 12.0. The summed E-state index contributed by atoms with van der Waals surface area (Å²) >= 11 is 0. The topological polar surface area (TPSA) is 177 Å². The molecule has 6 N–H and O–H groups in total. The molecule has 8 aliphatic rings. The molecule has 4 saturated heterocycles. The Morgan fingerprint density at radius 1 is 0.820 bits per heavy atom. The van der Waals surface area contributed by atoms with Crippen molar-refractivity contribution >= 4 is 0 Å². The van der Waals surface area contributed by atoms with Gasteiger partial charge in [0, 0.05) is 24.2 Å². The molecular formula is C38H60O12. The van der Waals surface area contributed by atoms with Gasteiger partial charge in [-0.15, -0.1) is 0 Å². The highest BCUT2D eigenvalue weighted by atomic mass is 16.8. The maximum absolute atomic E-state index is 12.0. The summed E-state index contributed by atoms with van der Waals surface area (Å²) in [5.41, 5.74) is 0.988. The third kappa shape index (κ3) is 5.45. The fourth-order valence-corrected chi connectivity index (χ4v) is 12.3. The van der Waals surface area contributed by atoms with Crippen LogP contribution >= 0.6 is 0 Å². The Balaban J connectivity index is 0.968. The van der Waals surface area contributed by atoms with Gasteiger partial charge in [-0.3, -0.25) is 0 Å². The predicted octanol–water partition coefficient (Wildman–Crippen LogP) is 2.00. The molecule has 4 heterocycles. The van der Waals surface area contributed by atoms with Gasteiger partial charge in [0.2, 0.25) is 0 Å². The molecule has 0 aromatic rings. The highest BCUT2D eigenvalue weighted by molar-refractivity contribution is 5.28. The molecule has 50 heavy (non-hydrogen) atoms. The number of fused-ring (bicyclic) bond motifs is 7. The first-order valence-electron chi connectivity index (χ1n) is 19.4. The van der Waals surface area contributed by atoms with Crippen LogP contribution in [0.25, 0.3) is 0 Å². The molecule has 0 radical (unpaired) electrons. The van der Waals surface area contributed by atoms with E-state index < -0.39 is 73.3 Å². The molecule has 284 valence electrons. The monoisotopic (exact) mass is 708 g/mol. The van der Waals surface area contributed by atoms with E-state index in [0.29, 0.717) is 48.3 Å². The van der Waals surface area contributed by atoms with E-state index in [4.69, 9.17) is 28.4 Å². The molecule has 21 atom stereocenters. The zero-order valence-corrected chi connectivity index (χ0v) is 30.2. The smallest absolute Gasteiger partial charge is 0.187 e. The van der Waals surface area contributed by atoms with Gasteiger partial charge < -0.3 is 59.1 Å². The van der Waals surface area contributed by atoms with Crippen LogP contribution in [0, 0.1) is 46.3 Å². The SMILES string of the molecule is C[C@H]1CC[C@@]2(OC1)O[C@H]1C[C@H]3[C@@H]4CC=C5C[C@@H](O[C@H]6OC[C@H](O)[C@H](O)[C@H]6O[C@@H]6O[C@@H](C)[C@H](O)[C@@H](O)[C@H]6O)C[C@@H](O)[C@]5(C)[C@H]4CC[C@]3(C)[C@H]1[C@@H]2C. The quantitative estimate of drug-likeness (QED) is 0.235. The maximum Gasteiger partial charge on any atom is 0.187 e. The first-order chi connectivity index (χ1) is 23.7. The van der Waals surface area contributed by atoms with E-state index in [2.05, 4.69) is 33.8 Å². The van der Waals surface area contributed by atoms with Crippen molar-refractivity contribution in [1.82, 2.24) is 0 Å². The Morgan fingerprint density at radius 3 is 2.34 bits per heavy atom. The van der Waals surface area contributed by atoms with Crippen molar-refractivity contribution in [2.24, 2.45) is 46.3 Å². The van der Waals surface area contributed by atoms with Crippen molar-refractivity contribution in [3.63, 3.8) is 0 Å². The number of hydrogen-bond acceptors (Lipinski definition) is 12. The standard InChI is InChI=1S/C38H60O12/c1-17-8-11-38(46-15-17)18(2)28-26(50-38)14-24-22-7-6-20-12-21(13-27(40)37(20,5)23(22)9-10-36(24,28)4)48-35-33(30(42)25(39)16-45-35)49-34-32(44)31(43)29(41)19(3)47-34/h6,17-19,21-35,39-44H,7-16H2,1-5H3/t17-,18-,19-,21+,22+,23-,24-,25-,26-,27+,28-,29-,30-,31+,32+,33+,34-,35+,36-,37-,38+/m0/s1. The van der Waals surface area contributed by atoms with Crippen molar-refractivity contribution in [2.45, 2.75) is 165 Å². The van der Waals surface area contributed by atoms with E-state index in [1.165, 1.54) is 12.5 Å². The molecule has 3 saturated carbocycles. The van der Waals surface area contributed by atoms with Gasteiger partial charge in [0.15, 0.2) is 18.4 Å². The summed E-state index contributed by atoms with van der Waals surface area (Å²) in [6.45, 7) is 11.5. The summed E-state index contributed by atoms with van der Waals surface area (Å²) in [5, 5.41) is 64.3. The van der Waals surface area contributed by atoms with E-state index in [0.717, 1.165) is 45.1 Å². The Bertz CT molecular complexity index is 1290. The van der Waals surface area contributed by atoms with E-state index in [-0.39, 0.29) is 23.5 Å². The number of hydrogen-bond donors (Lipinski definition) is 6. The van der Waals surface area contributed by atoms with Crippen LogP contribution in [-0.4, -0.2) is 123 Å². The van der Waals surface area contributed by atoms with Crippen LogP contribution in [0.15, 0.2) is 11.6 Å². The Labute approximate surface area is 295 Å². The van der Waals surface area contributed by atoms with E-state index >= 15 is 0 Å². The minimum atomic E-state index is -1.59. The molecule has 12 nitrogen and oxygen atoms in total. The van der Waals surface area contributed by atoms with Crippen molar-refractivity contribution in [3.8, 4) is 0 Å². The van der Waals surface area contributed by atoms with Crippen LogP contribution in [0.1, 0.15) is 86.0 Å². The zero-order valence-electron chi connectivity index (χ0n) is 30.2. The summed E-state index contributed by atoms with van der Waals surface area (Å²) in [7, 11) is 0. The normalized spacial score (nSPS) is 59.3. The highest BCUT2D eigenvalue weighted by Crippen LogP contribution is 2.70. The molecule has 0 amide bonds. The first kappa shape index (κ1) is 36.2. The Hall–Kier alpha value is -0.740. The summed E-state index contributed by atoms with van der Waals surface area (Å²) in [4.78, 5) is 0. The molecule has 7 fully saturated rings. The van der Waals surface area contributed by atoms with Crippen molar-refractivity contribution in [2.75, 3.05) is 13.2 Å². The summed E-state index contributed by atoms with van der Waals surface area (Å²) < 4.78 is 37.2. The average Bonchev–Trinajstić information content (AvgIpc) is 3.53. The second-order valence-electron chi connectivity index (χ2n) is 17.9. The Morgan fingerprint density at radius 2 is 1.60 bits per heavy atom. The molecule has 0 bridgehead atoms. The number of aliphatic hydroxyl groups excluding tert-OH is 6. The average molecular weight is 709 g/mol. The molecule has 12 heteroatoms. The Kier molecular flexibility index (Phi) is 9.38. The molecule has 1 spiro atoms. The molecule has 0 aromatic heterocycles. The van der Waals surface area contributed by atoms with Crippen LogP contribution in [-0.2, 0) is 28.4 Å². The fraction of sp³-hybridized carbons (Fsp3) is 0.947. The lowest BCUT2D eigenvalue weighted by atomic mass is 9.46. The van der Waals surface area contributed by atoms with Crippen LogP contribution < -0.4 is 0 Å². The third-order valence-electron chi connectivity index (χ3n) is 15.3. The van der Waals surface area contributed by atoms with E-state index in [9.17, 15) is 30.6 Å². The van der Waals surface area contributed by atoms with Crippen molar-refractivity contribution in [3.05, 3.63) is 11.6 Å². The lowest BCUT2D eigenvalue weighted by Gasteiger charge is -2.60. The minimum absolute atomic E-state index is 0.175. The van der Waals surface area contributed by atoms with Crippen LogP contribution in [0.2, 0.25) is 0 Å². The summed E-state index contributed by atoms with van der Waals surface area (Å²) in [5.74, 6) is 2.32. The lowest BCUT2D eigenvalue weighted by Crippen LogP contribution is -2.62. The first-order valence-corrected chi connectivity index (χ1v) is 19.4. The van der Waals surface area contributed by atoms with Gasteiger partial charge >= 0.3 is 0 Å². The number of allylic oxidation sites excluding steroid dienone is 1. The minimum Gasteiger partial charge on any atom is -0.392 e. The van der Waals surface area contributed by atoms with Gasteiger partial charge in [-0.05, 0) is 80.5 Å². The van der Waals surface area contributed by atoms with Crippen LogP contribution in [0.3, 0.4) is 0 Å². The molecule has 0 aromatic carbocycles.